The molecule has 0 atom stereocenters. The minimum absolute atomic E-state index is 0.362. The Balaban J connectivity index is 4.38. The number of alkyl halides is 18. The summed E-state index contributed by atoms with van der Waals surface area (Å²) in [5.41, 5.74) is -3.45. The third-order valence-electron chi connectivity index (χ3n) is 4.09. The van der Waals surface area contributed by atoms with Gasteiger partial charge in [-0.2, -0.15) is 79.0 Å². The lowest BCUT2D eigenvalue weighted by Crippen LogP contribution is -2.68. The lowest BCUT2D eigenvalue weighted by molar-refractivity contribution is -0.342. The Morgan fingerprint density at radius 2 is 0.558 bits per heavy atom. The van der Waals surface area contributed by atoms with E-state index >= 15 is 0 Å². The molecule has 0 aliphatic heterocycles. The fourth-order valence-electron chi connectivity index (χ4n) is 2.46. The summed E-state index contributed by atoms with van der Waals surface area (Å²) in [5.74, 6) is -17.5. The topological polar surface area (TPSA) is 39.7 Å². The van der Waals surface area contributed by atoms with Crippen LogP contribution in [0.25, 0.3) is 0 Å². The molecule has 0 aliphatic carbocycles. The molecule has 0 amide bonds. The minimum atomic E-state index is -9.02. The van der Waals surface area contributed by atoms with Gasteiger partial charge in [-0.3, -0.25) is 0 Å². The predicted molar refractivity (Wildman–Crippen MR) is 86.6 cm³/mol. The van der Waals surface area contributed by atoms with E-state index in [9.17, 15) is 101 Å². The second kappa shape index (κ2) is 11.8. The smallest absolute Gasteiger partial charge is 0.339 e. The summed E-state index contributed by atoms with van der Waals surface area (Å²) < 4.78 is 312. The number of anilines is 1. The Labute approximate surface area is 219 Å². The fraction of sp³-hybridized carbons (Fsp3) is 0.600. The van der Waals surface area contributed by atoms with Gasteiger partial charge in [-0.15, -0.1) is 0 Å². The van der Waals surface area contributed by atoms with Crippen molar-refractivity contribution in [3.63, 3.8) is 0 Å². The van der Waals surface area contributed by atoms with Crippen molar-refractivity contribution in [2.45, 2.75) is 55.4 Å². The lowest BCUT2D eigenvalue weighted by atomic mass is 10.2. The molecule has 0 aromatic heterocycles. The standard InChI is InChI=1S/C15H4F23NO3Si/c16-1-2(17)4(19)6(5(20)3(1)18)39-43(40-7(10(21,22)23)11(24,25)26,41-8(12(27,28)29)13(30,31)32)42-9(14(33,34)35)15(36,37)38/h7-9,39H. The number of hydrogen-bond donors (Lipinski definition) is 1. The Kier molecular flexibility index (Phi) is 10.6. The summed E-state index contributed by atoms with van der Waals surface area (Å²) in [6.07, 6.45) is -62.2. The van der Waals surface area contributed by atoms with Crippen LogP contribution >= 0.6 is 0 Å². The summed E-state index contributed by atoms with van der Waals surface area (Å²) >= 11 is 0. The average molecular weight is 711 g/mol. The predicted octanol–water partition coefficient (Wildman–Crippen LogP) is 7.76. The largest absolute Gasteiger partial charge is 0.633 e. The van der Waals surface area contributed by atoms with E-state index < -0.39 is 99.1 Å². The molecule has 1 aromatic carbocycles. The highest BCUT2D eigenvalue weighted by molar-refractivity contribution is 6.64. The molecular weight excluding hydrogens is 707 g/mol. The van der Waals surface area contributed by atoms with E-state index in [2.05, 4.69) is 13.3 Å². The van der Waals surface area contributed by atoms with Crippen molar-refractivity contribution in [1.82, 2.24) is 0 Å². The monoisotopic (exact) mass is 711 g/mol. The third-order valence-corrected chi connectivity index (χ3v) is 6.28. The van der Waals surface area contributed by atoms with Crippen LogP contribution in [0.3, 0.4) is 0 Å². The summed E-state index contributed by atoms with van der Waals surface area (Å²) in [5, 5.41) is 0. The Morgan fingerprint density at radius 1 is 0.372 bits per heavy atom. The van der Waals surface area contributed by atoms with Crippen LogP contribution in [0.4, 0.5) is 107 Å². The second-order valence-electron chi connectivity index (χ2n) is 7.37. The van der Waals surface area contributed by atoms with E-state index in [1.165, 1.54) is 0 Å². The summed E-state index contributed by atoms with van der Waals surface area (Å²) in [7, 11) is -9.02. The molecule has 0 saturated carbocycles. The Hall–Kier alpha value is -2.49. The number of hydrogen-bond acceptors (Lipinski definition) is 4. The normalized spacial score (nSPS) is 14.8. The zero-order valence-electron chi connectivity index (χ0n) is 18.6. The maximum absolute atomic E-state index is 14.1. The van der Waals surface area contributed by atoms with Crippen LogP contribution in [0.15, 0.2) is 0 Å². The Morgan fingerprint density at radius 3 is 0.744 bits per heavy atom. The molecule has 28 heteroatoms. The van der Waals surface area contributed by atoms with Gasteiger partial charge in [0.15, 0.2) is 23.3 Å². The first kappa shape index (κ1) is 38.5. The van der Waals surface area contributed by atoms with Crippen molar-refractivity contribution in [3.05, 3.63) is 29.1 Å². The molecule has 0 fully saturated rings. The molecule has 252 valence electrons. The van der Waals surface area contributed by atoms with Crippen LogP contribution < -0.4 is 4.98 Å². The van der Waals surface area contributed by atoms with Gasteiger partial charge in [-0.1, -0.05) is 0 Å². The molecule has 0 unspecified atom stereocenters. The first-order valence-electron chi connectivity index (χ1n) is 9.40. The van der Waals surface area contributed by atoms with Gasteiger partial charge < -0.3 is 18.3 Å². The van der Waals surface area contributed by atoms with E-state index in [0.717, 1.165) is 0 Å². The zero-order valence-corrected chi connectivity index (χ0v) is 19.6. The molecule has 0 spiro atoms. The summed E-state index contributed by atoms with van der Waals surface area (Å²) in [6, 6.07) is 0. The van der Waals surface area contributed by atoms with Gasteiger partial charge in [-0.05, 0) is 0 Å². The molecule has 1 rings (SSSR count). The quantitative estimate of drug-likeness (QED) is 0.130. The van der Waals surface area contributed by atoms with Crippen LogP contribution in [0.5, 0.6) is 0 Å². The molecule has 4 nitrogen and oxygen atoms in total. The van der Waals surface area contributed by atoms with Gasteiger partial charge in [0.05, 0.1) is 0 Å². The molecule has 0 saturated heterocycles. The first-order valence-corrected chi connectivity index (χ1v) is 11.1. The highest BCUT2D eigenvalue weighted by Gasteiger charge is 2.72. The van der Waals surface area contributed by atoms with Crippen LogP contribution in [0, 0.1) is 29.1 Å². The van der Waals surface area contributed by atoms with Crippen LogP contribution in [0.2, 0.25) is 0 Å². The maximum Gasteiger partial charge on any atom is 0.633 e. The Bertz CT molecular complexity index is 978. The van der Waals surface area contributed by atoms with E-state index in [1.54, 1.807) is 0 Å². The van der Waals surface area contributed by atoms with Crippen molar-refractivity contribution in [1.29, 1.82) is 0 Å². The molecule has 1 aromatic rings. The SMILES string of the molecule is Fc1c(F)c(F)c(N[Si](OC(C(F)(F)F)C(F)(F)F)(OC(C(F)(F)F)C(F)(F)F)OC(C(F)(F)F)C(F)(F)F)c(F)c1F. The molecule has 0 heterocycles. The van der Waals surface area contributed by atoms with Gasteiger partial charge in [0.1, 0.15) is 5.69 Å². The average Bonchev–Trinajstić information content (AvgIpc) is 2.75. The first-order chi connectivity index (χ1) is 18.7. The van der Waals surface area contributed by atoms with Gasteiger partial charge in [0.2, 0.25) is 24.1 Å². The second-order valence-corrected chi connectivity index (χ2v) is 9.44. The van der Waals surface area contributed by atoms with E-state index in [-0.39, 0.29) is 4.98 Å². The van der Waals surface area contributed by atoms with Crippen LogP contribution in [-0.2, 0) is 13.3 Å². The van der Waals surface area contributed by atoms with Gasteiger partial charge in [-0.25, -0.2) is 22.0 Å². The molecule has 0 aliphatic rings. The minimum Gasteiger partial charge on any atom is -0.339 e. The number of halogens is 23. The molecular formula is C15H4F23NO3Si. The highest BCUT2D eigenvalue weighted by Crippen LogP contribution is 2.45. The van der Waals surface area contributed by atoms with Gasteiger partial charge >= 0.3 is 46.0 Å². The molecule has 43 heavy (non-hydrogen) atoms. The maximum atomic E-state index is 14.1. The van der Waals surface area contributed by atoms with Gasteiger partial charge in [0.25, 0.3) is 0 Å². The summed E-state index contributed by atoms with van der Waals surface area (Å²) in [4.78, 5) is -0.362. The van der Waals surface area contributed by atoms with Crippen molar-refractivity contribution >= 4 is 14.7 Å². The molecule has 1 N–H and O–H groups in total. The van der Waals surface area contributed by atoms with Crippen molar-refractivity contribution in [2.75, 3.05) is 4.98 Å². The lowest BCUT2D eigenvalue weighted by Gasteiger charge is -2.39. The van der Waals surface area contributed by atoms with E-state index in [1.807, 2.05) is 0 Å². The van der Waals surface area contributed by atoms with E-state index in [0.29, 0.717) is 0 Å². The number of rotatable bonds is 8. The van der Waals surface area contributed by atoms with Crippen molar-refractivity contribution < 1.29 is 114 Å². The summed E-state index contributed by atoms with van der Waals surface area (Å²) in [6.45, 7) is 0. The number of benzene rings is 1. The van der Waals surface area contributed by atoms with Crippen LogP contribution in [0.1, 0.15) is 0 Å². The highest BCUT2D eigenvalue weighted by atomic mass is 28.4. The number of nitrogens with one attached hydrogen (secondary N) is 1. The molecule has 0 radical (unpaired) electrons. The van der Waals surface area contributed by atoms with Crippen LogP contribution in [-0.4, -0.2) is 64.3 Å². The zero-order chi connectivity index (χ0) is 34.5. The molecule has 0 bridgehead atoms. The van der Waals surface area contributed by atoms with Crippen molar-refractivity contribution in [3.8, 4) is 0 Å². The van der Waals surface area contributed by atoms with Crippen molar-refractivity contribution in [2.24, 2.45) is 0 Å². The van der Waals surface area contributed by atoms with Gasteiger partial charge in [0, 0.05) is 0 Å². The fourth-order valence-corrected chi connectivity index (χ4v) is 5.06. The van der Waals surface area contributed by atoms with E-state index in [4.69, 9.17) is 0 Å². The third kappa shape index (κ3) is 9.25.